The van der Waals surface area contributed by atoms with Gasteiger partial charge < -0.3 is 15.5 Å². The van der Waals surface area contributed by atoms with E-state index in [4.69, 9.17) is 0 Å². The first-order valence-corrected chi connectivity index (χ1v) is 9.84. The number of nitrogens with one attached hydrogen (secondary N) is 2. The zero-order chi connectivity index (χ0) is 21.7. The summed E-state index contributed by atoms with van der Waals surface area (Å²) in [5.74, 6) is -0.192. The maximum Gasteiger partial charge on any atom is 0.416 e. The van der Waals surface area contributed by atoms with E-state index in [1.54, 1.807) is 42.2 Å². The number of carbonyl (C=O) groups excluding carboxylic acids is 2. The monoisotopic (exact) mass is 419 g/mol. The summed E-state index contributed by atoms with van der Waals surface area (Å²) in [6, 6.07) is 13.1. The third kappa shape index (κ3) is 5.75. The predicted molar refractivity (Wildman–Crippen MR) is 108 cm³/mol. The topological polar surface area (TPSA) is 61.4 Å². The molecule has 0 bridgehead atoms. The molecule has 8 heteroatoms. The third-order valence-electron chi connectivity index (χ3n) is 5.00. The molecule has 1 atom stereocenters. The number of carbonyl (C=O) groups is 2. The minimum atomic E-state index is -4.43. The fourth-order valence-electron chi connectivity index (χ4n) is 3.33. The second kappa shape index (κ2) is 9.19. The molecule has 160 valence electrons. The van der Waals surface area contributed by atoms with E-state index in [0.29, 0.717) is 11.3 Å². The lowest BCUT2D eigenvalue weighted by Gasteiger charge is -2.30. The summed E-state index contributed by atoms with van der Waals surface area (Å²) in [5.41, 5.74) is 0.355. The predicted octanol–water partition coefficient (Wildman–Crippen LogP) is 4.97. The molecule has 2 aromatic carbocycles. The van der Waals surface area contributed by atoms with Crippen molar-refractivity contribution in [3.8, 4) is 0 Å². The normalized spacial score (nSPS) is 14.7. The molecule has 0 aromatic heterocycles. The number of hydrogen-bond acceptors (Lipinski definition) is 2. The van der Waals surface area contributed by atoms with Crippen molar-refractivity contribution in [2.45, 2.75) is 44.4 Å². The summed E-state index contributed by atoms with van der Waals surface area (Å²) < 4.78 is 39.1. The van der Waals surface area contributed by atoms with Crippen LogP contribution in [0.25, 0.3) is 0 Å². The van der Waals surface area contributed by atoms with Crippen molar-refractivity contribution >= 4 is 17.6 Å². The lowest BCUT2D eigenvalue weighted by Crippen LogP contribution is -2.38. The van der Waals surface area contributed by atoms with E-state index in [-0.39, 0.29) is 24.9 Å². The van der Waals surface area contributed by atoms with Gasteiger partial charge in [0.2, 0.25) is 5.91 Å². The van der Waals surface area contributed by atoms with Gasteiger partial charge in [-0.2, -0.15) is 13.2 Å². The molecule has 1 aliphatic rings. The first kappa shape index (κ1) is 21.7. The second-order valence-electron chi connectivity index (χ2n) is 7.33. The Hall–Kier alpha value is -3.03. The van der Waals surface area contributed by atoms with E-state index < -0.39 is 23.8 Å². The molecular weight excluding hydrogens is 395 g/mol. The number of para-hydroxylation sites is 1. The molecule has 0 spiro atoms. The second-order valence-corrected chi connectivity index (χ2v) is 7.33. The average molecular weight is 419 g/mol. The molecule has 30 heavy (non-hydrogen) atoms. The maximum absolute atomic E-state index is 13.0. The SMILES string of the molecule is CC(c1cccc(C(F)(F)F)c1)N(C(=O)CCNC(=O)Nc1ccccc1)C1CC1. The van der Waals surface area contributed by atoms with Crippen LogP contribution in [-0.4, -0.2) is 29.4 Å². The van der Waals surface area contributed by atoms with Crippen LogP contribution in [0.3, 0.4) is 0 Å². The molecule has 2 N–H and O–H groups in total. The highest BCUT2D eigenvalue weighted by Crippen LogP contribution is 2.37. The molecule has 5 nitrogen and oxygen atoms in total. The van der Waals surface area contributed by atoms with Crippen LogP contribution < -0.4 is 10.6 Å². The molecule has 0 heterocycles. The molecule has 2 aromatic rings. The molecule has 1 fully saturated rings. The van der Waals surface area contributed by atoms with Gasteiger partial charge in [-0.25, -0.2) is 4.79 Å². The van der Waals surface area contributed by atoms with Crippen molar-refractivity contribution < 1.29 is 22.8 Å². The number of benzene rings is 2. The van der Waals surface area contributed by atoms with E-state index in [1.807, 2.05) is 6.07 Å². The number of hydrogen-bond donors (Lipinski definition) is 2. The number of amides is 3. The minimum absolute atomic E-state index is 0.0280. The number of anilines is 1. The number of nitrogens with zero attached hydrogens (tertiary/aromatic N) is 1. The van der Waals surface area contributed by atoms with Crippen LogP contribution in [0.2, 0.25) is 0 Å². The Morgan fingerprint density at radius 1 is 1.10 bits per heavy atom. The van der Waals surface area contributed by atoms with Gasteiger partial charge >= 0.3 is 12.2 Å². The number of rotatable bonds is 7. The summed E-state index contributed by atoms with van der Waals surface area (Å²) in [6.45, 7) is 1.87. The van der Waals surface area contributed by atoms with Crippen molar-refractivity contribution in [1.29, 1.82) is 0 Å². The number of urea groups is 1. The lowest BCUT2D eigenvalue weighted by atomic mass is 10.0. The molecule has 1 unspecified atom stereocenters. The van der Waals surface area contributed by atoms with Crippen LogP contribution in [0.1, 0.15) is 43.4 Å². The van der Waals surface area contributed by atoms with E-state index in [2.05, 4.69) is 10.6 Å². The van der Waals surface area contributed by atoms with Crippen LogP contribution in [0.5, 0.6) is 0 Å². The largest absolute Gasteiger partial charge is 0.416 e. The smallest absolute Gasteiger partial charge is 0.337 e. The maximum atomic E-state index is 13.0. The van der Waals surface area contributed by atoms with E-state index in [0.717, 1.165) is 25.0 Å². The summed E-state index contributed by atoms with van der Waals surface area (Å²) in [6.07, 6.45) is -2.70. The van der Waals surface area contributed by atoms with E-state index >= 15 is 0 Å². The van der Waals surface area contributed by atoms with Gasteiger partial charge in [-0.1, -0.05) is 30.3 Å². The molecule has 1 aliphatic carbocycles. The van der Waals surface area contributed by atoms with Crippen LogP contribution in [-0.2, 0) is 11.0 Å². The Morgan fingerprint density at radius 2 is 1.80 bits per heavy atom. The summed E-state index contributed by atoms with van der Waals surface area (Å²) in [5, 5.41) is 5.31. The Balaban J connectivity index is 1.58. The zero-order valence-corrected chi connectivity index (χ0v) is 16.6. The number of alkyl halides is 3. The molecule has 3 amide bonds. The molecule has 0 aliphatic heterocycles. The van der Waals surface area contributed by atoms with Gasteiger partial charge in [-0.3, -0.25) is 4.79 Å². The van der Waals surface area contributed by atoms with Crippen LogP contribution in [0, 0.1) is 0 Å². The minimum Gasteiger partial charge on any atom is -0.337 e. The molecule has 0 saturated heterocycles. The Kier molecular flexibility index (Phi) is 6.64. The summed E-state index contributed by atoms with van der Waals surface area (Å²) >= 11 is 0. The highest BCUT2D eigenvalue weighted by Gasteiger charge is 2.37. The van der Waals surface area contributed by atoms with Crippen molar-refractivity contribution in [3.63, 3.8) is 0 Å². The third-order valence-corrected chi connectivity index (χ3v) is 5.00. The van der Waals surface area contributed by atoms with Crippen molar-refractivity contribution in [2.24, 2.45) is 0 Å². The number of halogens is 3. The van der Waals surface area contributed by atoms with Gasteiger partial charge in [0.15, 0.2) is 0 Å². The van der Waals surface area contributed by atoms with Gasteiger partial charge in [-0.05, 0) is 49.6 Å². The lowest BCUT2D eigenvalue weighted by molar-refractivity contribution is -0.137. The van der Waals surface area contributed by atoms with Crippen LogP contribution in [0.15, 0.2) is 54.6 Å². The first-order chi connectivity index (χ1) is 14.3. The van der Waals surface area contributed by atoms with Gasteiger partial charge in [0, 0.05) is 24.7 Å². The quantitative estimate of drug-likeness (QED) is 0.666. The first-order valence-electron chi connectivity index (χ1n) is 9.84. The average Bonchev–Trinajstić information content (AvgIpc) is 3.53. The molecule has 0 radical (unpaired) electrons. The Labute approximate surface area is 173 Å². The van der Waals surface area contributed by atoms with Gasteiger partial charge in [0.05, 0.1) is 11.6 Å². The van der Waals surface area contributed by atoms with E-state index in [1.165, 1.54) is 6.07 Å². The Morgan fingerprint density at radius 3 is 2.43 bits per heavy atom. The van der Waals surface area contributed by atoms with Crippen LogP contribution >= 0.6 is 0 Å². The zero-order valence-electron chi connectivity index (χ0n) is 16.6. The van der Waals surface area contributed by atoms with Crippen molar-refractivity contribution in [3.05, 3.63) is 65.7 Å². The Bertz CT molecular complexity index is 883. The van der Waals surface area contributed by atoms with Gasteiger partial charge in [-0.15, -0.1) is 0 Å². The van der Waals surface area contributed by atoms with E-state index in [9.17, 15) is 22.8 Å². The van der Waals surface area contributed by atoms with Gasteiger partial charge in [0.1, 0.15) is 0 Å². The standard InChI is InChI=1S/C22H24F3N3O2/c1-15(16-6-5-7-17(14-16)22(23,24)25)28(19-10-11-19)20(29)12-13-26-21(30)27-18-8-3-2-4-9-18/h2-9,14-15,19H,10-13H2,1H3,(H2,26,27,30). The summed E-state index contributed by atoms with van der Waals surface area (Å²) in [7, 11) is 0. The van der Waals surface area contributed by atoms with Crippen LogP contribution in [0.4, 0.5) is 23.7 Å². The van der Waals surface area contributed by atoms with Gasteiger partial charge in [0.25, 0.3) is 0 Å². The fourth-order valence-corrected chi connectivity index (χ4v) is 3.33. The highest BCUT2D eigenvalue weighted by molar-refractivity contribution is 5.89. The van der Waals surface area contributed by atoms with Crippen molar-refractivity contribution in [1.82, 2.24) is 10.2 Å². The molecule has 1 saturated carbocycles. The van der Waals surface area contributed by atoms with Crippen molar-refractivity contribution in [2.75, 3.05) is 11.9 Å². The molecule has 3 rings (SSSR count). The highest BCUT2D eigenvalue weighted by atomic mass is 19.4. The fraction of sp³-hybridized carbons (Fsp3) is 0.364. The summed E-state index contributed by atoms with van der Waals surface area (Å²) in [4.78, 5) is 26.4. The molecular formula is C22H24F3N3O2.